The molecule has 0 amide bonds. The van der Waals surface area contributed by atoms with Crippen LogP contribution in [0.2, 0.25) is 0 Å². The number of nitrogens with one attached hydrogen (secondary N) is 1. The van der Waals surface area contributed by atoms with E-state index >= 15 is 0 Å². The molecule has 0 spiro atoms. The van der Waals surface area contributed by atoms with E-state index in [-0.39, 0.29) is 5.82 Å². The van der Waals surface area contributed by atoms with Gasteiger partial charge in [0.15, 0.2) is 0 Å². The molecule has 0 aromatic heterocycles. The largest absolute Gasteiger partial charge is 0.313 e. The average molecular weight is 295 g/mol. The molecule has 1 nitrogen and oxygen atoms in total. The minimum absolute atomic E-state index is 0.0879. The highest BCUT2D eigenvalue weighted by Gasteiger charge is 2.35. The van der Waals surface area contributed by atoms with Gasteiger partial charge >= 0.3 is 0 Å². The number of hydrogen-bond acceptors (Lipinski definition) is 2. The first-order chi connectivity index (χ1) is 9.52. The summed E-state index contributed by atoms with van der Waals surface area (Å²) in [5, 5.41) is 4.12. The van der Waals surface area contributed by atoms with Crippen molar-refractivity contribution in [2.75, 3.05) is 6.54 Å². The van der Waals surface area contributed by atoms with Gasteiger partial charge in [0.2, 0.25) is 0 Å². The van der Waals surface area contributed by atoms with E-state index in [9.17, 15) is 4.39 Å². The predicted octanol–water partition coefficient (Wildman–Crippen LogP) is 4.86. The summed E-state index contributed by atoms with van der Waals surface area (Å²) >= 11 is 1.71. The minimum atomic E-state index is -0.0879. The van der Waals surface area contributed by atoms with E-state index in [1.165, 1.54) is 12.8 Å². The summed E-state index contributed by atoms with van der Waals surface area (Å²) in [7, 11) is 0. The standard InChI is InChI=1S/C17H26FNS/c1-4-11-19-14-9-10-17(2,3)12-16(14)20-15-8-6-5-7-13(15)18/h5-8,14,16,19H,4,9-12H2,1-3H3. The topological polar surface area (TPSA) is 12.0 Å². The molecule has 1 N–H and O–H groups in total. The third-order valence-corrected chi connectivity index (χ3v) is 5.49. The third kappa shape index (κ3) is 4.23. The Kier molecular flexibility index (Phi) is 5.50. The molecule has 1 aliphatic rings. The van der Waals surface area contributed by atoms with Gasteiger partial charge in [0, 0.05) is 16.2 Å². The number of thioether (sulfide) groups is 1. The van der Waals surface area contributed by atoms with Crippen LogP contribution in [0.25, 0.3) is 0 Å². The Hall–Kier alpha value is -0.540. The maximum atomic E-state index is 13.9. The molecule has 0 saturated heterocycles. The van der Waals surface area contributed by atoms with Crippen molar-refractivity contribution >= 4 is 11.8 Å². The van der Waals surface area contributed by atoms with Crippen LogP contribution in [0.4, 0.5) is 4.39 Å². The molecule has 1 aromatic carbocycles. The van der Waals surface area contributed by atoms with Gasteiger partial charge in [-0.25, -0.2) is 4.39 Å². The molecule has 1 saturated carbocycles. The van der Waals surface area contributed by atoms with Crippen LogP contribution in [0.5, 0.6) is 0 Å². The SMILES string of the molecule is CCCNC1CCC(C)(C)CC1Sc1ccccc1F. The van der Waals surface area contributed by atoms with Gasteiger partial charge in [-0.15, -0.1) is 11.8 Å². The lowest BCUT2D eigenvalue weighted by molar-refractivity contribution is 0.214. The van der Waals surface area contributed by atoms with Crippen LogP contribution >= 0.6 is 11.8 Å². The zero-order valence-electron chi connectivity index (χ0n) is 12.8. The quantitative estimate of drug-likeness (QED) is 0.832. The van der Waals surface area contributed by atoms with Crippen LogP contribution in [0.1, 0.15) is 46.5 Å². The van der Waals surface area contributed by atoms with E-state index < -0.39 is 0 Å². The number of hydrogen-bond donors (Lipinski definition) is 1. The van der Waals surface area contributed by atoms with Crippen molar-refractivity contribution in [2.24, 2.45) is 5.41 Å². The van der Waals surface area contributed by atoms with E-state index in [0.717, 1.165) is 24.3 Å². The number of halogens is 1. The Morgan fingerprint density at radius 1 is 1.35 bits per heavy atom. The van der Waals surface area contributed by atoms with Gasteiger partial charge in [0.25, 0.3) is 0 Å². The van der Waals surface area contributed by atoms with Crippen LogP contribution in [0.3, 0.4) is 0 Å². The second-order valence-electron chi connectivity index (χ2n) is 6.55. The fourth-order valence-electron chi connectivity index (χ4n) is 2.91. The Balaban J connectivity index is 2.08. The van der Waals surface area contributed by atoms with E-state index in [4.69, 9.17) is 0 Å². The minimum Gasteiger partial charge on any atom is -0.313 e. The first-order valence-electron chi connectivity index (χ1n) is 7.66. The zero-order chi connectivity index (χ0) is 14.6. The molecule has 0 bridgehead atoms. The Labute approximate surface area is 126 Å². The maximum absolute atomic E-state index is 13.9. The monoisotopic (exact) mass is 295 g/mol. The predicted molar refractivity (Wildman–Crippen MR) is 85.8 cm³/mol. The fraction of sp³-hybridized carbons (Fsp3) is 0.647. The van der Waals surface area contributed by atoms with Crippen molar-refractivity contribution in [3.8, 4) is 0 Å². The molecule has 20 heavy (non-hydrogen) atoms. The first-order valence-corrected chi connectivity index (χ1v) is 8.54. The summed E-state index contributed by atoms with van der Waals surface area (Å²) in [4.78, 5) is 0.790. The summed E-state index contributed by atoms with van der Waals surface area (Å²) < 4.78 is 13.9. The molecule has 2 unspecified atom stereocenters. The van der Waals surface area contributed by atoms with Crippen molar-refractivity contribution in [1.82, 2.24) is 5.32 Å². The summed E-state index contributed by atoms with van der Waals surface area (Å²) in [6, 6.07) is 7.65. The molecular formula is C17H26FNS. The highest BCUT2D eigenvalue weighted by Crippen LogP contribution is 2.43. The molecule has 0 aliphatic heterocycles. The molecule has 0 radical (unpaired) electrons. The van der Waals surface area contributed by atoms with Crippen molar-refractivity contribution in [3.63, 3.8) is 0 Å². The number of benzene rings is 1. The van der Waals surface area contributed by atoms with E-state index in [1.807, 2.05) is 12.1 Å². The molecule has 1 fully saturated rings. The van der Waals surface area contributed by atoms with Gasteiger partial charge in [-0.2, -0.15) is 0 Å². The molecule has 3 heteroatoms. The molecule has 2 rings (SSSR count). The van der Waals surface area contributed by atoms with Crippen LogP contribution in [-0.4, -0.2) is 17.8 Å². The van der Waals surface area contributed by atoms with Gasteiger partial charge < -0.3 is 5.32 Å². The lowest BCUT2D eigenvalue weighted by atomic mass is 9.75. The van der Waals surface area contributed by atoms with E-state index in [0.29, 0.717) is 16.7 Å². The maximum Gasteiger partial charge on any atom is 0.136 e. The Morgan fingerprint density at radius 2 is 2.10 bits per heavy atom. The lowest BCUT2D eigenvalue weighted by Crippen LogP contribution is -2.45. The third-order valence-electron chi connectivity index (χ3n) is 4.11. The molecule has 112 valence electrons. The second-order valence-corrected chi connectivity index (χ2v) is 7.84. The summed E-state index contributed by atoms with van der Waals surface area (Å²) in [5.74, 6) is -0.0879. The second kappa shape index (κ2) is 6.95. The van der Waals surface area contributed by atoms with Crippen molar-refractivity contribution in [1.29, 1.82) is 0 Å². The van der Waals surface area contributed by atoms with Crippen LogP contribution in [-0.2, 0) is 0 Å². The van der Waals surface area contributed by atoms with Crippen molar-refractivity contribution in [3.05, 3.63) is 30.1 Å². The van der Waals surface area contributed by atoms with E-state index in [2.05, 4.69) is 26.1 Å². The normalized spacial score (nSPS) is 25.6. The zero-order valence-corrected chi connectivity index (χ0v) is 13.6. The summed E-state index contributed by atoms with van der Waals surface area (Å²) in [5.41, 5.74) is 0.368. The van der Waals surface area contributed by atoms with Crippen molar-refractivity contribution < 1.29 is 4.39 Å². The first kappa shape index (κ1) is 15.8. The molecule has 2 atom stereocenters. The summed E-state index contributed by atoms with van der Waals surface area (Å²) in [6.45, 7) is 7.91. The van der Waals surface area contributed by atoms with Crippen LogP contribution in [0, 0.1) is 11.2 Å². The van der Waals surface area contributed by atoms with Crippen LogP contribution in [0.15, 0.2) is 29.2 Å². The fourth-order valence-corrected chi connectivity index (χ4v) is 4.51. The highest BCUT2D eigenvalue weighted by molar-refractivity contribution is 8.00. The summed E-state index contributed by atoms with van der Waals surface area (Å²) in [6.07, 6.45) is 4.74. The lowest BCUT2D eigenvalue weighted by Gasteiger charge is -2.41. The van der Waals surface area contributed by atoms with Gasteiger partial charge in [0.1, 0.15) is 5.82 Å². The van der Waals surface area contributed by atoms with E-state index in [1.54, 1.807) is 23.9 Å². The smallest absolute Gasteiger partial charge is 0.136 e. The van der Waals surface area contributed by atoms with Gasteiger partial charge in [-0.1, -0.05) is 32.9 Å². The number of rotatable bonds is 5. The molecule has 1 aliphatic carbocycles. The van der Waals surface area contributed by atoms with Gasteiger partial charge in [0.05, 0.1) is 0 Å². The molecular weight excluding hydrogens is 269 g/mol. The van der Waals surface area contributed by atoms with Gasteiger partial charge in [-0.3, -0.25) is 0 Å². The average Bonchev–Trinajstić information content (AvgIpc) is 2.40. The Bertz CT molecular complexity index is 433. The van der Waals surface area contributed by atoms with Crippen LogP contribution < -0.4 is 5.32 Å². The molecule has 1 aromatic rings. The van der Waals surface area contributed by atoms with Crippen molar-refractivity contribution in [2.45, 2.75) is 62.6 Å². The Morgan fingerprint density at radius 3 is 2.80 bits per heavy atom. The highest BCUT2D eigenvalue weighted by atomic mass is 32.2. The van der Waals surface area contributed by atoms with Gasteiger partial charge in [-0.05, 0) is 49.8 Å². The molecule has 0 heterocycles.